The predicted octanol–water partition coefficient (Wildman–Crippen LogP) is 3.76. The summed E-state index contributed by atoms with van der Waals surface area (Å²) in [6.45, 7) is 5.56. The molecule has 1 amide bonds. The molecule has 0 radical (unpaired) electrons. The largest absolute Gasteiger partial charge is 0.339 e. The maximum Gasteiger partial charge on any atom is 0.255 e. The number of piperidine rings is 1. The van der Waals surface area contributed by atoms with Gasteiger partial charge in [-0.3, -0.25) is 14.9 Å². The van der Waals surface area contributed by atoms with Crippen molar-refractivity contribution < 1.29 is 4.79 Å². The maximum absolute atomic E-state index is 13.0. The molecule has 0 aliphatic carbocycles. The SMILES string of the molecule is CCc1nc(C2CCN(C(=O)c3cncc(-c4cccc(C)c4)c3)CC2)n[nH]1. The number of aromatic amines is 1. The first-order valence-electron chi connectivity index (χ1n) is 9.86. The van der Waals surface area contributed by atoms with Gasteiger partial charge in [0.15, 0.2) is 5.82 Å². The van der Waals surface area contributed by atoms with E-state index in [2.05, 4.69) is 46.1 Å². The molecule has 0 spiro atoms. The number of likely N-dealkylation sites (tertiary alicyclic amines) is 1. The van der Waals surface area contributed by atoms with Gasteiger partial charge in [-0.2, -0.15) is 5.10 Å². The highest BCUT2D eigenvalue weighted by atomic mass is 16.2. The molecule has 28 heavy (non-hydrogen) atoms. The van der Waals surface area contributed by atoms with Crippen LogP contribution in [0.2, 0.25) is 0 Å². The zero-order valence-corrected chi connectivity index (χ0v) is 16.4. The van der Waals surface area contributed by atoms with Crippen molar-refractivity contribution in [3.8, 4) is 11.1 Å². The van der Waals surface area contributed by atoms with Gasteiger partial charge in [-0.05, 0) is 31.4 Å². The smallest absolute Gasteiger partial charge is 0.255 e. The van der Waals surface area contributed by atoms with Crippen LogP contribution in [0.4, 0.5) is 0 Å². The minimum absolute atomic E-state index is 0.0460. The van der Waals surface area contributed by atoms with Crippen LogP contribution in [-0.2, 0) is 6.42 Å². The molecule has 3 heterocycles. The summed E-state index contributed by atoms with van der Waals surface area (Å²) in [5, 5.41) is 7.33. The molecule has 4 rings (SSSR count). The summed E-state index contributed by atoms with van der Waals surface area (Å²) in [4.78, 5) is 23.8. The first-order chi connectivity index (χ1) is 13.6. The van der Waals surface area contributed by atoms with Gasteiger partial charge in [-0.25, -0.2) is 4.98 Å². The van der Waals surface area contributed by atoms with Crippen molar-refractivity contribution in [1.82, 2.24) is 25.1 Å². The number of hydrogen-bond acceptors (Lipinski definition) is 4. The van der Waals surface area contributed by atoms with Crippen LogP contribution in [0.15, 0.2) is 42.7 Å². The molecule has 1 aromatic carbocycles. The highest BCUT2D eigenvalue weighted by Gasteiger charge is 2.27. The fourth-order valence-electron chi connectivity index (χ4n) is 3.71. The third-order valence-corrected chi connectivity index (χ3v) is 5.37. The number of benzene rings is 1. The van der Waals surface area contributed by atoms with Crippen LogP contribution in [0.25, 0.3) is 11.1 Å². The van der Waals surface area contributed by atoms with Gasteiger partial charge in [0, 0.05) is 43.4 Å². The Bertz CT molecular complexity index is 972. The molecule has 0 unspecified atom stereocenters. The lowest BCUT2D eigenvalue weighted by Gasteiger charge is -2.30. The van der Waals surface area contributed by atoms with Gasteiger partial charge in [0.1, 0.15) is 5.82 Å². The van der Waals surface area contributed by atoms with Crippen molar-refractivity contribution in [2.75, 3.05) is 13.1 Å². The Kier molecular flexibility index (Phi) is 5.19. The lowest BCUT2D eigenvalue weighted by molar-refractivity contribution is 0.0710. The number of H-pyrrole nitrogens is 1. The highest BCUT2D eigenvalue weighted by Crippen LogP contribution is 2.27. The second-order valence-corrected chi connectivity index (χ2v) is 7.39. The molecule has 6 nitrogen and oxygen atoms in total. The quantitative estimate of drug-likeness (QED) is 0.753. The molecule has 1 N–H and O–H groups in total. The van der Waals surface area contributed by atoms with Gasteiger partial charge in [-0.15, -0.1) is 0 Å². The Morgan fingerprint density at radius 1 is 1.18 bits per heavy atom. The summed E-state index contributed by atoms with van der Waals surface area (Å²) in [7, 11) is 0. The fourth-order valence-corrected chi connectivity index (χ4v) is 3.71. The second-order valence-electron chi connectivity index (χ2n) is 7.39. The van der Waals surface area contributed by atoms with Crippen LogP contribution in [0.1, 0.15) is 53.3 Å². The van der Waals surface area contributed by atoms with Gasteiger partial charge in [0.05, 0.1) is 5.56 Å². The highest BCUT2D eigenvalue weighted by molar-refractivity contribution is 5.95. The molecule has 144 valence electrons. The molecule has 0 bridgehead atoms. The maximum atomic E-state index is 13.0. The standard InChI is InChI=1S/C22H25N5O/c1-3-20-24-21(26-25-20)16-7-9-27(10-8-16)22(28)19-12-18(13-23-14-19)17-6-4-5-15(2)11-17/h4-6,11-14,16H,3,7-10H2,1-2H3,(H,24,25,26). The number of aryl methyl sites for hydroxylation is 2. The Morgan fingerprint density at radius 3 is 2.71 bits per heavy atom. The van der Waals surface area contributed by atoms with E-state index in [-0.39, 0.29) is 5.91 Å². The van der Waals surface area contributed by atoms with Crippen molar-refractivity contribution in [3.05, 3.63) is 65.5 Å². The first-order valence-corrected chi connectivity index (χ1v) is 9.86. The zero-order valence-electron chi connectivity index (χ0n) is 16.4. The Morgan fingerprint density at radius 2 is 2.00 bits per heavy atom. The average Bonchev–Trinajstić information content (AvgIpc) is 3.23. The lowest BCUT2D eigenvalue weighted by Crippen LogP contribution is -2.38. The molecular formula is C22H25N5O. The van der Waals surface area contributed by atoms with Crippen LogP contribution in [0.3, 0.4) is 0 Å². The van der Waals surface area contributed by atoms with Crippen LogP contribution in [-0.4, -0.2) is 44.1 Å². The van der Waals surface area contributed by atoms with E-state index in [4.69, 9.17) is 0 Å². The topological polar surface area (TPSA) is 74.8 Å². The molecule has 0 saturated carbocycles. The summed E-state index contributed by atoms with van der Waals surface area (Å²) in [5.41, 5.74) is 3.88. The molecule has 0 atom stereocenters. The number of amides is 1. The third-order valence-electron chi connectivity index (χ3n) is 5.37. The molecule has 3 aromatic rings. The monoisotopic (exact) mass is 375 g/mol. The minimum atomic E-state index is 0.0460. The summed E-state index contributed by atoms with van der Waals surface area (Å²) in [5.74, 6) is 2.17. The van der Waals surface area contributed by atoms with Crippen molar-refractivity contribution in [2.45, 2.75) is 39.0 Å². The van der Waals surface area contributed by atoms with Gasteiger partial charge in [0.2, 0.25) is 0 Å². The van der Waals surface area contributed by atoms with Gasteiger partial charge < -0.3 is 4.90 Å². The summed E-state index contributed by atoms with van der Waals surface area (Å²) >= 11 is 0. The Balaban J connectivity index is 1.45. The normalized spacial score (nSPS) is 15.0. The number of nitrogens with one attached hydrogen (secondary N) is 1. The van der Waals surface area contributed by atoms with E-state index in [0.29, 0.717) is 24.6 Å². The first kappa shape index (κ1) is 18.3. The van der Waals surface area contributed by atoms with E-state index in [0.717, 1.165) is 42.0 Å². The molecule has 1 aliphatic heterocycles. The van der Waals surface area contributed by atoms with E-state index < -0.39 is 0 Å². The average molecular weight is 375 g/mol. The lowest BCUT2D eigenvalue weighted by atomic mass is 9.95. The Hall–Kier alpha value is -3.02. The number of hydrogen-bond donors (Lipinski definition) is 1. The number of rotatable bonds is 4. The van der Waals surface area contributed by atoms with Crippen LogP contribution < -0.4 is 0 Å². The third kappa shape index (κ3) is 3.81. The van der Waals surface area contributed by atoms with Gasteiger partial charge in [0.25, 0.3) is 5.91 Å². The van der Waals surface area contributed by atoms with E-state index in [1.165, 1.54) is 5.56 Å². The molecule has 2 aromatic heterocycles. The van der Waals surface area contributed by atoms with Gasteiger partial charge in [-0.1, -0.05) is 36.8 Å². The van der Waals surface area contributed by atoms with Crippen molar-refractivity contribution in [1.29, 1.82) is 0 Å². The van der Waals surface area contributed by atoms with E-state index in [9.17, 15) is 4.79 Å². The van der Waals surface area contributed by atoms with E-state index in [1.807, 2.05) is 29.3 Å². The molecule has 1 aliphatic rings. The van der Waals surface area contributed by atoms with Gasteiger partial charge >= 0.3 is 0 Å². The van der Waals surface area contributed by atoms with Crippen molar-refractivity contribution >= 4 is 5.91 Å². The Labute approximate surface area is 165 Å². The number of carbonyl (C=O) groups is 1. The van der Waals surface area contributed by atoms with Crippen molar-refractivity contribution in [3.63, 3.8) is 0 Å². The minimum Gasteiger partial charge on any atom is -0.339 e. The molecule has 1 saturated heterocycles. The van der Waals surface area contributed by atoms with Crippen molar-refractivity contribution in [2.24, 2.45) is 0 Å². The van der Waals surface area contributed by atoms with Crippen LogP contribution in [0, 0.1) is 6.92 Å². The van der Waals surface area contributed by atoms with E-state index in [1.54, 1.807) is 6.20 Å². The molecular weight excluding hydrogens is 350 g/mol. The number of aromatic nitrogens is 4. The second kappa shape index (κ2) is 7.92. The van der Waals surface area contributed by atoms with E-state index >= 15 is 0 Å². The zero-order chi connectivity index (χ0) is 19.5. The summed E-state index contributed by atoms with van der Waals surface area (Å²) in [6, 6.07) is 10.2. The summed E-state index contributed by atoms with van der Waals surface area (Å²) < 4.78 is 0. The fraction of sp³-hybridized carbons (Fsp3) is 0.364. The number of pyridine rings is 1. The predicted molar refractivity (Wildman–Crippen MR) is 108 cm³/mol. The summed E-state index contributed by atoms with van der Waals surface area (Å²) in [6.07, 6.45) is 6.10. The molecule has 6 heteroatoms. The molecule has 1 fully saturated rings. The number of carbonyl (C=O) groups excluding carboxylic acids is 1. The van der Waals surface area contributed by atoms with Crippen LogP contribution in [0.5, 0.6) is 0 Å². The van der Waals surface area contributed by atoms with Crippen LogP contribution >= 0.6 is 0 Å². The number of nitrogens with zero attached hydrogens (tertiary/aromatic N) is 4.